The topological polar surface area (TPSA) is 69.6 Å². The summed E-state index contributed by atoms with van der Waals surface area (Å²) in [5.41, 5.74) is 0.817. The van der Waals surface area contributed by atoms with Crippen LogP contribution >= 0.6 is 34.7 Å². The molecule has 1 atom stereocenters. The lowest BCUT2D eigenvalue weighted by Crippen LogP contribution is -2.17. The average Bonchev–Trinajstić information content (AvgIpc) is 3.56. The first kappa shape index (κ1) is 21.7. The van der Waals surface area contributed by atoms with E-state index in [0.29, 0.717) is 22.8 Å². The SMILES string of the molecule is CC(Sc1nnc(Cc2cccs2)n1C1CCCCC1)c1nnc(-c2cccc(Cl)c2)o1. The zero-order valence-corrected chi connectivity index (χ0v) is 20.2. The minimum Gasteiger partial charge on any atom is -0.419 e. The van der Waals surface area contributed by atoms with Crippen LogP contribution in [0.5, 0.6) is 0 Å². The van der Waals surface area contributed by atoms with Gasteiger partial charge in [-0.2, -0.15) is 0 Å². The van der Waals surface area contributed by atoms with Crippen molar-refractivity contribution in [1.82, 2.24) is 25.0 Å². The fourth-order valence-corrected chi connectivity index (χ4v) is 5.99. The van der Waals surface area contributed by atoms with Gasteiger partial charge in [-0.3, -0.25) is 0 Å². The molecule has 1 unspecified atom stereocenters. The van der Waals surface area contributed by atoms with Gasteiger partial charge in [0.1, 0.15) is 5.82 Å². The molecule has 3 heterocycles. The Labute approximate surface area is 200 Å². The van der Waals surface area contributed by atoms with Crippen molar-refractivity contribution in [3.8, 4) is 11.5 Å². The summed E-state index contributed by atoms with van der Waals surface area (Å²) in [7, 11) is 0. The number of rotatable bonds is 7. The minimum atomic E-state index is -0.0448. The summed E-state index contributed by atoms with van der Waals surface area (Å²) in [5, 5.41) is 21.3. The molecule has 0 spiro atoms. The molecule has 0 aliphatic heterocycles. The van der Waals surface area contributed by atoms with E-state index in [4.69, 9.17) is 16.0 Å². The van der Waals surface area contributed by atoms with E-state index in [9.17, 15) is 0 Å². The maximum absolute atomic E-state index is 6.10. The van der Waals surface area contributed by atoms with Crippen LogP contribution in [0.25, 0.3) is 11.5 Å². The van der Waals surface area contributed by atoms with E-state index in [0.717, 1.165) is 23.0 Å². The van der Waals surface area contributed by atoms with Crippen molar-refractivity contribution in [2.75, 3.05) is 0 Å². The van der Waals surface area contributed by atoms with E-state index < -0.39 is 0 Å². The molecular weight excluding hydrogens is 462 g/mol. The minimum absolute atomic E-state index is 0.0448. The van der Waals surface area contributed by atoms with Gasteiger partial charge in [0.25, 0.3) is 0 Å². The molecule has 9 heteroatoms. The monoisotopic (exact) mass is 485 g/mol. The molecule has 5 rings (SSSR count). The largest absolute Gasteiger partial charge is 0.419 e. The molecule has 1 saturated carbocycles. The average molecular weight is 486 g/mol. The Hall–Kier alpha value is -2.16. The highest BCUT2D eigenvalue weighted by Crippen LogP contribution is 2.39. The van der Waals surface area contributed by atoms with Gasteiger partial charge in [-0.25, -0.2) is 0 Å². The summed E-state index contributed by atoms with van der Waals surface area (Å²) in [6, 6.07) is 12.1. The number of nitrogens with zero attached hydrogens (tertiary/aromatic N) is 5. The molecule has 1 aromatic carbocycles. The molecule has 1 fully saturated rings. The predicted octanol–water partition coefficient (Wildman–Crippen LogP) is 6.99. The smallest absolute Gasteiger partial charge is 0.247 e. The highest BCUT2D eigenvalue weighted by atomic mass is 35.5. The normalized spacial score (nSPS) is 15.8. The summed E-state index contributed by atoms with van der Waals surface area (Å²) in [5.74, 6) is 2.09. The van der Waals surface area contributed by atoms with Crippen LogP contribution in [-0.2, 0) is 6.42 Å². The fourth-order valence-electron chi connectivity index (χ4n) is 4.13. The van der Waals surface area contributed by atoms with Crippen molar-refractivity contribution < 1.29 is 4.42 Å². The van der Waals surface area contributed by atoms with Crippen molar-refractivity contribution in [3.05, 3.63) is 63.4 Å². The third-order valence-electron chi connectivity index (χ3n) is 5.73. The molecule has 166 valence electrons. The van der Waals surface area contributed by atoms with E-state index in [2.05, 4.69) is 49.4 Å². The van der Waals surface area contributed by atoms with Crippen LogP contribution in [0.4, 0.5) is 0 Å². The standard InChI is InChI=1S/C23H24ClN5OS2/c1-15(21-26-27-22(30-21)16-7-5-8-17(24)13-16)32-23-28-25-20(14-19-11-6-12-31-19)29(23)18-9-3-2-4-10-18/h5-8,11-13,15,18H,2-4,9-10,14H2,1H3. The molecule has 0 N–H and O–H groups in total. The van der Waals surface area contributed by atoms with Gasteiger partial charge in [0.15, 0.2) is 5.16 Å². The fraction of sp³-hybridized carbons (Fsp3) is 0.391. The molecule has 6 nitrogen and oxygen atoms in total. The second-order valence-electron chi connectivity index (χ2n) is 8.03. The van der Waals surface area contributed by atoms with Crippen molar-refractivity contribution >= 4 is 34.7 Å². The zero-order valence-electron chi connectivity index (χ0n) is 17.8. The van der Waals surface area contributed by atoms with Gasteiger partial charge in [0.2, 0.25) is 11.8 Å². The van der Waals surface area contributed by atoms with Crippen molar-refractivity contribution in [2.24, 2.45) is 0 Å². The van der Waals surface area contributed by atoms with Gasteiger partial charge in [-0.1, -0.05) is 54.8 Å². The maximum atomic E-state index is 6.10. The molecular formula is C23H24ClN5OS2. The van der Waals surface area contributed by atoms with E-state index >= 15 is 0 Å². The molecule has 1 aliphatic carbocycles. The zero-order chi connectivity index (χ0) is 21.9. The van der Waals surface area contributed by atoms with Gasteiger partial charge in [-0.05, 0) is 49.4 Å². The summed E-state index contributed by atoms with van der Waals surface area (Å²) in [4.78, 5) is 1.31. The summed E-state index contributed by atoms with van der Waals surface area (Å²) >= 11 is 9.50. The molecule has 3 aromatic heterocycles. The number of hydrogen-bond acceptors (Lipinski definition) is 7. The van der Waals surface area contributed by atoms with Crippen LogP contribution in [-0.4, -0.2) is 25.0 Å². The summed E-state index contributed by atoms with van der Waals surface area (Å²) in [6.07, 6.45) is 7.00. The van der Waals surface area contributed by atoms with Crippen LogP contribution in [0, 0.1) is 0 Å². The van der Waals surface area contributed by atoms with E-state index in [1.807, 2.05) is 24.3 Å². The predicted molar refractivity (Wildman–Crippen MR) is 128 cm³/mol. The number of benzene rings is 1. The second kappa shape index (κ2) is 9.77. The van der Waals surface area contributed by atoms with Gasteiger partial charge >= 0.3 is 0 Å². The first-order chi connectivity index (χ1) is 15.7. The molecule has 0 saturated heterocycles. The number of thiophene rings is 1. The number of aromatic nitrogens is 5. The lowest BCUT2D eigenvalue weighted by atomic mass is 9.95. The van der Waals surface area contributed by atoms with Crippen molar-refractivity contribution in [2.45, 2.75) is 61.9 Å². The molecule has 0 amide bonds. The van der Waals surface area contributed by atoms with E-state index in [-0.39, 0.29) is 5.25 Å². The van der Waals surface area contributed by atoms with Crippen molar-refractivity contribution in [3.63, 3.8) is 0 Å². The Morgan fingerprint density at radius 2 is 2.00 bits per heavy atom. The van der Waals surface area contributed by atoms with Gasteiger partial charge < -0.3 is 8.98 Å². The molecule has 32 heavy (non-hydrogen) atoms. The van der Waals surface area contributed by atoms with Gasteiger partial charge in [-0.15, -0.1) is 31.7 Å². The van der Waals surface area contributed by atoms with Crippen molar-refractivity contribution in [1.29, 1.82) is 0 Å². The van der Waals surface area contributed by atoms with E-state index in [1.54, 1.807) is 23.1 Å². The van der Waals surface area contributed by atoms with Crippen LogP contribution < -0.4 is 0 Å². The van der Waals surface area contributed by atoms with Crippen LogP contribution in [0.15, 0.2) is 51.4 Å². The molecule has 0 bridgehead atoms. The molecule has 4 aromatic rings. The number of thioether (sulfide) groups is 1. The van der Waals surface area contributed by atoms with Gasteiger partial charge in [0.05, 0.1) is 5.25 Å². The Kier molecular flexibility index (Phi) is 6.62. The Morgan fingerprint density at radius 1 is 1.12 bits per heavy atom. The number of hydrogen-bond donors (Lipinski definition) is 0. The first-order valence-electron chi connectivity index (χ1n) is 10.9. The maximum Gasteiger partial charge on any atom is 0.247 e. The number of halogens is 1. The third-order valence-corrected chi connectivity index (χ3v) is 7.89. The Morgan fingerprint density at radius 3 is 2.78 bits per heavy atom. The van der Waals surface area contributed by atoms with Crippen LogP contribution in [0.2, 0.25) is 5.02 Å². The Bertz CT molecular complexity index is 1170. The van der Waals surface area contributed by atoms with E-state index in [1.165, 1.54) is 37.0 Å². The second-order valence-corrected chi connectivity index (χ2v) is 10.8. The summed E-state index contributed by atoms with van der Waals surface area (Å²) in [6.45, 7) is 2.07. The molecule has 0 radical (unpaired) electrons. The lowest BCUT2D eigenvalue weighted by Gasteiger charge is -2.26. The summed E-state index contributed by atoms with van der Waals surface area (Å²) < 4.78 is 8.35. The third kappa shape index (κ3) is 4.77. The molecule has 1 aliphatic rings. The first-order valence-corrected chi connectivity index (χ1v) is 13.0. The van der Waals surface area contributed by atoms with Crippen LogP contribution in [0.1, 0.15) is 66.9 Å². The highest BCUT2D eigenvalue weighted by Gasteiger charge is 2.26. The Balaban J connectivity index is 1.39. The highest BCUT2D eigenvalue weighted by molar-refractivity contribution is 7.99. The van der Waals surface area contributed by atoms with Gasteiger partial charge in [0, 0.05) is 27.9 Å². The quantitative estimate of drug-likeness (QED) is 0.262. The lowest BCUT2D eigenvalue weighted by molar-refractivity contribution is 0.330. The van der Waals surface area contributed by atoms with Crippen LogP contribution in [0.3, 0.4) is 0 Å².